The van der Waals surface area contributed by atoms with Crippen LogP contribution in [0, 0.1) is 0 Å². The van der Waals surface area contributed by atoms with Crippen LogP contribution in [0.15, 0.2) is 18.3 Å². The number of rotatable bonds is 5. The summed E-state index contributed by atoms with van der Waals surface area (Å²) >= 11 is 0. The van der Waals surface area contributed by atoms with Crippen LogP contribution in [0.1, 0.15) is 55.3 Å². The molecule has 0 radical (unpaired) electrons. The van der Waals surface area contributed by atoms with Gasteiger partial charge in [-0.3, -0.25) is 14.5 Å². The topological polar surface area (TPSA) is 77.0 Å². The molecule has 2 saturated heterocycles. The predicted octanol–water partition coefficient (Wildman–Crippen LogP) is 2.47. The van der Waals surface area contributed by atoms with Gasteiger partial charge in [0.15, 0.2) is 0 Å². The third-order valence-corrected chi connectivity index (χ3v) is 5.92. The molecular formula is C21H32N4O3. The summed E-state index contributed by atoms with van der Waals surface area (Å²) in [4.78, 5) is 34.5. The number of likely N-dealkylation sites (tertiary alicyclic amines) is 1. The number of hydrogen-bond acceptors (Lipinski definition) is 5. The number of carbonyl (C=O) groups excluding carboxylic acids is 1. The smallest absolute Gasteiger partial charge is 0.317 e. The van der Waals surface area contributed by atoms with Gasteiger partial charge in [-0.25, -0.2) is 4.98 Å². The van der Waals surface area contributed by atoms with Gasteiger partial charge in [0.1, 0.15) is 5.82 Å². The lowest BCUT2D eigenvalue weighted by molar-refractivity contribution is -0.138. The van der Waals surface area contributed by atoms with E-state index >= 15 is 0 Å². The molecule has 1 amide bonds. The Hall–Kier alpha value is -2.15. The lowest BCUT2D eigenvalue weighted by Crippen LogP contribution is -2.37. The summed E-state index contributed by atoms with van der Waals surface area (Å²) in [7, 11) is 1.85. The summed E-state index contributed by atoms with van der Waals surface area (Å²) in [6.45, 7) is 3.49. The molecule has 1 atom stereocenters. The fourth-order valence-electron chi connectivity index (χ4n) is 4.25. The summed E-state index contributed by atoms with van der Waals surface area (Å²) in [6, 6.07) is 4.08. The number of carboxylic acids is 1. The Labute approximate surface area is 167 Å². The molecule has 2 aliphatic heterocycles. The van der Waals surface area contributed by atoms with Gasteiger partial charge in [0.05, 0.1) is 12.1 Å². The zero-order valence-electron chi connectivity index (χ0n) is 16.8. The van der Waals surface area contributed by atoms with Crippen molar-refractivity contribution in [2.75, 3.05) is 44.7 Å². The van der Waals surface area contributed by atoms with Crippen LogP contribution >= 0.6 is 0 Å². The van der Waals surface area contributed by atoms with Crippen molar-refractivity contribution in [3.05, 3.63) is 23.9 Å². The van der Waals surface area contributed by atoms with Crippen LogP contribution in [0.25, 0.3) is 0 Å². The van der Waals surface area contributed by atoms with Gasteiger partial charge in [0.25, 0.3) is 5.91 Å². The van der Waals surface area contributed by atoms with Gasteiger partial charge in [0.2, 0.25) is 0 Å². The normalized spacial score (nSPS) is 21.3. The molecule has 28 heavy (non-hydrogen) atoms. The molecule has 1 aromatic heterocycles. The second-order valence-corrected chi connectivity index (χ2v) is 7.99. The number of pyridine rings is 1. The van der Waals surface area contributed by atoms with Crippen LogP contribution in [0.5, 0.6) is 0 Å². The van der Waals surface area contributed by atoms with Gasteiger partial charge in [-0.15, -0.1) is 0 Å². The fraction of sp³-hybridized carbons (Fsp3) is 0.667. The summed E-state index contributed by atoms with van der Waals surface area (Å²) < 4.78 is 0. The van der Waals surface area contributed by atoms with Crippen LogP contribution in [-0.4, -0.2) is 77.6 Å². The maximum Gasteiger partial charge on any atom is 0.317 e. The van der Waals surface area contributed by atoms with E-state index in [2.05, 4.69) is 9.88 Å². The van der Waals surface area contributed by atoms with Gasteiger partial charge in [0, 0.05) is 38.4 Å². The number of hydrogen-bond donors (Lipinski definition) is 1. The molecule has 0 aliphatic carbocycles. The molecular weight excluding hydrogens is 356 g/mol. The quantitative estimate of drug-likeness (QED) is 0.835. The average molecular weight is 389 g/mol. The number of amides is 1. The van der Waals surface area contributed by atoms with E-state index in [0.29, 0.717) is 18.7 Å². The van der Waals surface area contributed by atoms with Gasteiger partial charge < -0.3 is 14.9 Å². The number of carboxylic acid groups (broad SMARTS) is 1. The van der Waals surface area contributed by atoms with Crippen molar-refractivity contribution in [2.24, 2.45) is 0 Å². The van der Waals surface area contributed by atoms with E-state index < -0.39 is 5.97 Å². The largest absolute Gasteiger partial charge is 0.480 e. The Morgan fingerprint density at radius 2 is 1.82 bits per heavy atom. The minimum Gasteiger partial charge on any atom is -0.480 e. The van der Waals surface area contributed by atoms with E-state index in [9.17, 15) is 9.59 Å². The third kappa shape index (κ3) is 5.44. The predicted molar refractivity (Wildman–Crippen MR) is 109 cm³/mol. The van der Waals surface area contributed by atoms with Crippen LogP contribution in [0.3, 0.4) is 0 Å². The summed E-state index contributed by atoms with van der Waals surface area (Å²) in [5.41, 5.74) is 0.635. The molecule has 154 valence electrons. The first-order valence-electron chi connectivity index (χ1n) is 10.5. The molecule has 0 bridgehead atoms. The Morgan fingerprint density at radius 1 is 1.07 bits per heavy atom. The maximum atomic E-state index is 12.9. The van der Waals surface area contributed by atoms with E-state index in [1.807, 2.05) is 29.0 Å². The lowest BCUT2D eigenvalue weighted by Gasteiger charge is -2.25. The number of likely N-dealkylation sites (N-methyl/N-ethyl adjacent to an activating group) is 1. The Bertz CT molecular complexity index is 656. The number of anilines is 1. The molecule has 2 aliphatic rings. The monoisotopic (exact) mass is 388 g/mol. The van der Waals surface area contributed by atoms with Crippen molar-refractivity contribution in [3.63, 3.8) is 0 Å². The molecule has 0 aromatic carbocycles. The molecule has 1 aromatic rings. The van der Waals surface area contributed by atoms with Gasteiger partial charge >= 0.3 is 5.97 Å². The standard InChI is InChI=1S/C21H32N4O3/c1-23(16-20(26)27)18-7-6-13-25(14-10-18)21(28)17-8-9-19(22-15-17)24-11-4-2-3-5-12-24/h8-9,15,18H,2-7,10-14,16H2,1H3,(H,26,27)/t18-/m1/s1. The van der Waals surface area contributed by atoms with Gasteiger partial charge in [-0.2, -0.15) is 0 Å². The fourth-order valence-corrected chi connectivity index (χ4v) is 4.25. The van der Waals surface area contributed by atoms with Crippen LogP contribution in [0.2, 0.25) is 0 Å². The third-order valence-electron chi connectivity index (χ3n) is 5.92. The molecule has 7 nitrogen and oxygen atoms in total. The minimum atomic E-state index is -0.810. The summed E-state index contributed by atoms with van der Waals surface area (Å²) in [6.07, 6.45) is 9.28. The Balaban J connectivity index is 1.58. The number of aliphatic carboxylic acids is 1. The second kappa shape index (κ2) is 9.87. The summed E-state index contributed by atoms with van der Waals surface area (Å²) in [5.74, 6) is 0.177. The average Bonchev–Trinajstić information content (AvgIpc) is 3.10. The van der Waals surface area contributed by atoms with Gasteiger partial charge in [-0.05, 0) is 51.3 Å². The molecule has 0 spiro atoms. The van der Waals surface area contributed by atoms with Crippen molar-refractivity contribution >= 4 is 17.7 Å². The van der Waals surface area contributed by atoms with Crippen molar-refractivity contribution in [3.8, 4) is 0 Å². The lowest BCUT2D eigenvalue weighted by atomic mass is 10.1. The number of carbonyl (C=O) groups is 2. The second-order valence-electron chi connectivity index (χ2n) is 7.99. The van der Waals surface area contributed by atoms with E-state index in [0.717, 1.165) is 38.2 Å². The molecule has 7 heteroatoms. The highest BCUT2D eigenvalue weighted by Gasteiger charge is 2.25. The van der Waals surface area contributed by atoms with Gasteiger partial charge in [-0.1, -0.05) is 12.8 Å². The molecule has 0 unspecified atom stereocenters. The first kappa shape index (κ1) is 20.6. The van der Waals surface area contributed by atoms with E-state index in [4.69, 9.17) is 5.11 Å². The van der Waals surface area contributed by atoms with Crippen LogP contribution in [0.4, 0.5) is 5.82 Å². The van der Waals surface area contributed by atoms with Crippen molar-refractivity contribution in [1.29, 1.82) is 0 Å². The highest BCUT2D eigenvalue weighted by Crippen LogP contribution is 2.20. The Morgan fingerprint density at radius 3 is 2.46 bits per heavy atom. The molecule has 1 N–H and O–H groups in total. The summed E-state index contributed by atoms with van der Waals surface area (Å²) in [5, 5.41) is 8.99. The molecule has 2 fully saturated rings. The maximum absolute atomic E-state index is 12.9. The molecule has 3 heterocycles. The molecule has 0 saturated carbocycles. The number of aromatic nitrogens is 1. The van der Waals surface area contributed by atoms with Crippen molar-refractivity contribution in [2.45, 2.75) is 51.0 Å². The zero-order valence-corrected chi connectivity index (χ0v) is 16.8. The minimum absolute atomic E-state index is 0.0245. The first-order chi connectivity index (χ1) is 13.5. The molecule has 3 rings (SSSR count). The first-order valence-corrected chi connectivity index (χ1v) is 10.5. The van der Waals surface area contributed by atoms with E-state index in [1.165, 1.54) is 25.7 Å². The van der Waals surface area contributed by atoms with Crippen molar-refractivity contribution in [1.82, 2.24) is 14.8 Å². The van der Waals surface area contributed by atoms with Crippen molar-refractivity contribution < 1.29 is 14.7 Å². The Kier molecular flexibility index (Phi) is 7.25. The van der Waals surface area contributed by atoms with Crippen LogP contribution in [-0.2, 0) is 4.79 Å². The SMILES string of the molecule is CN(CC(=O)O)[C@@H]1CCCN(C(=O)c2ccc(N3CCCCCC3)nc2)CC1. The highest BCUT2D eigenvalue weighted by atomic mass is 16.4. The highest BCUT2D eigenvalue weighted by molar-refractivity contribution is 5.94. The van der Waals surface area contributed by atoms with E-state index in [-0.39, 0.29) is 18.5 Å². The van der Waals surface area contributed by atoms with Crippen LogP contribution < -0.4 is 4.90 Å². The zero-order chi connectivity index (χ0) is 19.9. The number of nitrogens with zero attached hydrogens (tertiary/aromatic N) is 4. The van der Waals surface area contributed by atoms with E-state index in [1.54, 1.807) is 6.20 Å².